The number of carbonyl (C=O) groups is 2. The van der Waals surface area contributed by atoms with Gasteiger partial charge in [0.05, 0.1) is 11.5 Å². The summed E-state index contributed by atoms with van der Waals surface area (Å²) < 4.78 is 0. The van der Waals surface area contributed by atoms with E-state index in [1.807, 2.05) is 0 Å². The van der Waals surface area contributed by atoms with Gasteiger partial charge in [-0.05, 0) is 20.3 Å². The Labute approximate surface area is 94.8 Å². The third kappa shape index (κ3) is 3.46. The third-order valence-electron chi connectivity index (χ3n) is 2.81. The molecule has 3 atom stereocenters. The number of carboxylic acids is 1. The average Bonchev–Trinajstić information content (AvgIpc) is 2.23. The number of carboxylic acid groups (broad SMARTS) is 1. The number of nitrogens with two attached hydrogens (primary N) is 1. The van der Waals surface area contributed by atoms with Gasteiger partial charge in [-0.15, -0.1) is 0 Å². The van der Waals surface area contributed by atoms with E-state index in [-0.39, 0.29) is 6.54 Å². The Morgan fingerprint density at radius 2 is 2.00 bits per heavy atom. The Kier molecular flexibility index (Phi) is 5.40. The van der Waals surface area contributed by atoms with Crippen molar-refractivity contribution >= 4 is 11.9 Å². The van der Waals surface area contributed by atoms with Gasteiger partial charge < -0.3 is 21.3 Å². The molecule has 0 saturated carbocycles. The van der Waals surface area contributed by atoms with Gasteiger partial charge in [0.1, 0.15) is 0 Å². The molecule has 0 radical (unpaired) electrons. The number of aliphatic hydroxyl groups excluding tert-OH is 1. The van der Waals surface area contributed by atoms with Crippen molar-refractivity contribution in [2.45, 2.75) is 39.3 Å². The van der Waals surface area contributed by atoms with E-state index in [1.165, 1.54) is 6.92 Å². The minimum absolute atomic E-state index is 0.126. The van der Waals surface area contributed by atoms with Crippen LogP contribution < -0.4 is 11.1 Å². The van der Waals surface area contributed by atoms with Crippen molar-refractivity contribution in [2.24, 2.45) is 11.1 Å². The molecule has 0 heterocycles. The Bertz CT molecular complexity index is 262. The molecule has 0 fully saturated rings. The number of amides is 1. The molecule has 1 amide bonds. The summed E-state index contributed by atoms with van der Waals surface area (Å²) in [6.45, 7) is 4.89. The number of nitrogens with one attached hydrogen (secondary N) is 1. The summed E-state index contributed by atoms with van der Waals surface area (Å²) in [5.41, 5.74) is 4.67. The number of carbonyl (C=O) groups excluding carboxylic acids is 1. The lowest BCUT2D eigenvalue weighted by Gasteiger charge is -2.27. The lowest BCUT2D eigenvalue weighted by molar-refractivity contribution is -0.146. The third-order valence-corrected chi connectivity index (χ3v) is 2.81. The molecule has 0 aromatic heterocycles. The van der Waals surface area contributed by atoms with Gasteiger partial charge in [0.15, 0.2) is 6.04 Å². The second-order valence-corrected chi connectivity index (χ2v) is 4.15. The highest BCUT2D eigenvalue weighted by molar-refractivity contribution is 5.87. The quantitative estimate of drug-likeness (QED) is 0.484. The van der Waals surface area contributed by atoms with Crippen molar-refractivity contribution in [1.82, 2.24) is 5.32 Å². The van der Waals surface area contributed by atoms with E-state index in [4.69, 9.17) is 10.8 Å². The normalized spacial score (nSPS) is 18.3. The number of hydrogen-bond acceptors (Lipinski definition) is 4. The van der Waals surface area contributed by atoms with Gasteiger partial charge >= 0.3 is 5.97 Å². The molecule has 5 N–H and O–H groups in total. The first-order chi connectivity index (χ1) is 7.28. The maximum Gasteiger partial charge on any atom is 0.328 e. The zero-order chi connectivity index (χ0) is 12.9. The largest absolute Gasteiger partial charge is 0.480 e. The van der Waals surface area contributed by atoms with Gasteiger partial charge in [0.25, 0.3) is 0 Å². The van der Waals surface area contributed by atoms with Gasteiger partial charge in [-0.1, -0.05) is 6.92 Å². The molecular weight excluding hydrogens is 212 g/mol. The lowest BCUT2D eigenvalue weighted by atomic mass is 9.86. The van der Waals surface area contributed by atoms with Crippen LogP contribution >= 0.6 is 0 Å². The zero-order valence-corrected chi connectivity index (χ0v) is 9.86. The van der Waals surface area contributed by atoms with Crippen molar-refractivity contribution in [2.75, 3.05) is 6.54 Å². The van der Waals surface area contributed by atoms with E-state index >= 15 is 0 Å². The first kappa shape index (κ1) is 14.9. The fourth-order valence-electron chi connectivity index (χ4n) is 1.10. The number of aliphatic hydroxyl groups is 1. The van der Waals surface area contributed by atoms with E-state index < -0.39 is 29.4 Å². The zero-order valence-electron chi connectivity index (χ0n) is 9.86. The van der Waals surface area contributed by atoms with Crippen molar-refractivity contribution in [1.29, 1.82) is 0 Å². The number of hydrogen-bond donors (Lipinski definition) is 4. The molecule has 0 saturated heterocycles. The second-order valence-electron chi connectivity index (χ2n) is 4.15. The van der Waals surface area contributed by atoms with Crippen LogP contribution in [0.5, 0.6) is 0 Å². The van der Waals surface area contributed by atoms with Gasteiger partial charge in [0, 0.05) is 6.54 Å². The highest BCUT2D eigenvalue weighted by atomic mass is 16.4. The maximum absolute atomic E-state index is 11.8. The minimum atomic E-state index is -1.30. The van der Waals surface area contributed by atoms with Gasteiger partial charge in [-0.2, -0.15) is 0 Å². The van der Waals surface area contributed by atoms with Gasteiger partial charge in [-0.3, -0.25) is 4.79 Å². The SMILES string of the molecule is CCC(C)(CN)C(=O)NC(C(=O)O)C(C)O. The summed E-state index contributed by atoms with van der Waals surface area (Å²) in [6, 6.07) is -1.30. The highest BCUT2D eigenvalue weighted by Crippen LogP contribution is 2.19. The molecule has 94 valence electrons. The van der Waals surface area contributed by atoms with Crippen LogP contribution in [0.2, 0.25) is 0 Å². The lowest BCUT2D eigenvalue weighted by Crippen LogP contribution is -2.53. The molecule has 0 bridgehead atoms. The molecule has 6 heteroatoms. The first-order valence-electron chi connectivity index (χ1n) is 5.20. The van der Waals surface area contributed by atoms with E-state index in [2.05, 4.69) is 5.32 Å². The second kappa shape index (κ2) is 5.81. The van der Waals surface area contributed by atoms with Crippen LogP contribution in [0.4, 0.5) is 0 Å². The molecule has 0 spiro atoms. The summed E-state index contributed by atoms with van der Waals surface area (Å²) in [7, 11) is 0. The molecule has 3 unspecified atom stereocenters. The van der Waals surface area contributed by atoms with Crippen molar-refractivity contribution in [3.8, 4) is 0 Å². The monoisotopic (exact) mass is 232 g/mol. The van der Waals surface area contributed by atoms with Crippen LogP contribution in [0.3, 0.4) is 0 Å². The van der Waals surface area contributed by atoms with Crippen LogP contribution in [0, 0.1) is 5.41 Å². The van der Waals surface area contributed by atoms with E-state index in [1.54, 1.807) is 13.8 Å². The van der Waals surface area contributed by atoms with Crippen LogP contribution in [0.1, 0.15) is 27.2 Å². The molecule has 16 heavy (non-hydrogen) atoms. The van der Waals surface area contributed by atoms with Crippen molar-refractivity contribution < 1.29 is 19.8 Å². The average molecular weight is 232 g/mol. The Balaban J connectivity index is 4.70. The molecule has 6 nitrogen and oxygen atoms in total. The summed E-state index contributed by atoms with van der Waals surface area (Å²) in [5.74, 6) is -1.72. The smallest absolute Gasteiger partial charge is 0.328 e. The molecule has 0 aliphatic carbocycles. The molecular formula is C10H20N2O4. The molecule has 0 rings (SSSR count). The van der Waals surface area contributed by atoms with Crippen LogP contribution in [-0.2, 0) is 9.59 Å². The number of rotatable bonds is 6. The van der Waals surface area contributed by atoms with E-state index in [0.717, 1.165) is 0 Å². The Hall–Kier alpha value is -1.14. The molecule has 0 aliphatic heterocycles. The van der Waals surface area contributed by atoms with Crippen LogP contribution in [0.25, 0.3) is 0 Å². The van der Waals surface area contributed by atoms with E-state index in [0.29, 0.717) is 6.42 Å². The van der Waals surface area contributed by atoms with Crippen molar-refractivity contribution in [3.05, 3.63) is 0 Å². The standard InChI is InChI=1S/C10H20N2O4/c1-4-10(3,5-11)9(16)12-7(6(2)13)8(14)15/h6-7,13H,4-5,11H2,1-3H3,(H,12,16)(H,14,15). The fourth-order valence-corrected chi connectivity index (χ4v) is 1.10. The number of aliphatic carboxylic acids is 1. The molecule has 0 aliphatic rings. The fraction of sp³-hybridized carbons (Fsp3) is 0.800. The molecule has 0 aromatic carbocycles. The summed E-state index contributed by atoms with van der Waals surface area (Å²) >= 11 is 0. The van der Waals surface area contributed by atoms with Crippen LogP contribution in [0.15, 0.2) is 0 Å². The van der Waals surface area contributed by atoms with Gasteiger partial charge in [-0.25, -0.2) is 4.79 Å². The Morgan fingerprint density at radius 3 is 2.25 bits per heavy atom. The maximum atomic E-state index is 11.8. The molecule has 0 aromatic rings. The Morgan fingerprint density at radius 1 is 1.50 bits per heavy atom. The minimum Gasteiger partial charge on any atom is -0.480 e. The predicted octanol–water partition coefficient (Wildman–Crippen LogP) is -0.688. The summed E-state index contributed by atoms with van der Waals surface area (Å²) in [5, 5.41) is 20.3. The summed E-state index contributed by atoms with van der Waals surface area (Å²) in [6.07, 6.45) is -0.651. The predicted molar refractivity (Wildman–Crippen MR) is 58.7 cm³/mol. The first-order valence-corrected chi connectivity index (χ1v) is 5.20. The van der Waals surface area contributed by atoms with E-state index in [9.17, 15) is 14.7 Å². The van der Waals surface area contributed by atoms with Gasteiger partial charge in [0.2, 0.25) is 5.91 Å². The highest BCUT2D eigenvalue weighted by Gasteiger charge is 2.34. The van der Waals surface area contributed by atoms with Crippen molar-refractivity contribution in [3.63, 3.8) is 0 Å². The topological polar surface area (TPSA) is 113 Å². The van der Waals surface area contributed by atoms with Crippen LogP contribution in [-0.4, -0.2) is 40.8 Å². The summed E-state index contributed by atoms with van der Waals surface area (Å²) in [4.78, 5) is 22.6.